The van der Waals surface area contributed by atoms with Gasteiger partial charge in [0.1, 0.15) is 5.82 Å². The Bertz CT molecular complexity index is 1500. The molecule has 1 heterocycles. The van der Waals surface area contributed by atoms with Gasteiger partial charge in [-0.15, -0.1) is 0 Å². The molecule has 0 aliphatic carbocycles. The summed E-state index contributed by atoms with van der Waals surface area (Å²) >= 11 is 9.14. The van der Waals surface area contributed by atoms with Crippen molar-refractivity contribution >= 4 is 49.9 Å². The lowest BCUT2D eigenvalue weighted by Crippen LogP contribution is -2.27. The van der Waals surface area contributed by atoms with Crippen LogP contribution in [-0.4, -0.2) is 15.7 Å². The molecule has 1 amide bonds. The monoisotopic (exact) mass is 567 g/mol. The number of halogens is 6. The van der Waals surface area contributed by atoms with Crippen LogP contribution in [0.25, 0.3) is 10.8 Å². The molecule has 180 valence electrons. The maximum absolute atomic E-state index is 14.4. The zero-order valence-corrected chi connectivity index (χ0v) is 20.0. The highest BCUT2D eigenvalue weighted by Gasteiger charge is 2.31. The fourth-order valence-corrected chi connectivity index (χ4v) is 4.00. The first kappa shape index (κ1) is 24.9. The summed E-state index contributed by atoms with van der Waals surface area (Å²) in [7, 11) is 0. The fraction of sp³-hybridized carbons (Fsp3) is 0.125. The van der Waals surface area contributed by atoms with Crippen LogP contribution in [0.4, 0.5) is 23.2 Å². The molecule has 0 unspecified atom stereocenters. The maximum Gasteiger partial charge on any atom is 0.416 e. The van der Waals surface area contributed by atoms with Crippen molar-refractivity contribution in [3.63, 3.8) is 0 Å². The summed E-state index contributed by atoms with van der Waals surface area (Å²) in [5.41, 5.74) is -1.25. The van der Waals surface area contributed by atoms with Crippen molar-refractivity contribution in [2.24, 2.45) is 0 Å². The molecule has 0 aliphatic rings. The van der Waals surface area contributed by atoms with E-state index in [0.29, 0.717) is 9.86 Å². The minimum absolute atomic E-state index is 0.0696. The molecule has 1 aromatic heterocycles. The number of aromatic nitrogens is 2. The average molecular weight is 569 g/mol. The van der Waals surface area contributed by atoms with Crippen LogP contribution in [0, 0.1) is 5.82 Å². The number of benzene rings is 3. The molecule has 1 N–H and O–H groups in total. The molecule has 0 saturated heterocycles. The number of rotatable bonds is 5. The molecule has 11 heteroatoms. The van der Waals surface area contributed by atoms with Gasteiger partial charge in [0.25, 0.3) is 5.56 Å². The highest BCUT2D eigenvalue weighted by Crippen LogP contribution is 2.34. The molecule has 0 bridgehead atoms. The molecule has 0 aliphatic heterocycles. The van der Waals surface area contributed by atoms with Gasteiger partial charge in [0.2, 0.25) is 5.91 Å². The predicted octanol–water partition coefficient (Wildman–Crippen LogP) is 6.20. The number of anilines is 1. The molecule has 0 atom stereocenters. The molecule has 3 aromatic carbocycles. The number of fused-ring (bicyclic) bond motifs is 1. The Hall–Kier alpha value is -3.24. The molecule has 4 rings (SSSR count). The van der Waals surface area contributed by atoms with Gasteiger partial charge in [0.05, 0.1) is 40.3 Å². The molecule has 0 spiro atoms. The lowest BCUT2D eigenvalue weighted by Gasteiger charge is -2.13. The van der Waals surface area contributed by atoms with E-state index in [0.717, 1.165) is 22.9 Å². The van der Waals surface area contributed by atoms with Crippen molar-refractivity contribution in [3.05, 3.63) is 103 Å². The topological polar surface area (TPSA) is 64.0 Å². The first-order valence-corrected chi connectivity index (χ1v) is 11.3. The summed E-state index contributed by atoms with van der Waals surface area (Å²) in [5.74, 6) is -1.23. The Kier molecular flexibility index (Phi) is 6.95. The van der Waals surface area contributed by atoms with Gasteiger partial charge in [-0.3, -0.25) is 9.59 Å². The number of carbonyl (C=O) groups is 1. The Morgan fingerprint density at radius 2 is 1.77 bits per heavy atom. The van der Waals surface area contributed by atoms with E-state index in [4.69, 9.17) is 11.6 Å². The molecule has 0 saturated carbocycles. The first-order valence-electron chi connectivity index (χ1n) is 10.1. The normalized spacial score (nSPS) is 11.6. The van der Waals surface area contributed by atoms with E-state index >= 15 is 0 Å². The van der Waals surface area contributed by atoms with Crippen LogP contribution in [0.15, 0.2) is 69.9 Å². The van der Waals surface area contributed by atoms with Crippen LogP contribution >= 0.6 is 27.5 Å². The fourth-order valence-electron chi connectivity index (χ4n) is 3.50. The van der Waals surface area contributed by atoms with Gasteiger partial charge in [-0.2, -0.15) is 18.3 Å². The van der Waals surface area contributed by atoms with Crippen molar-refractivity contribution in [1.82, 2.24) is 9.78 Å². The van der Waals surface area contributed by atoms with Gasteiger partial charge >= 0.3 is 6.18 Å². The van der Waals surface area contributed by atoms with Crippen LogP contribution in [0.1, 0.15) is 16.8 Å². The lowest BCUT2D eigenvalue weighted by atomic mass is 10.1. The number of nitrogens with zero attached hydrogens (tertiary/aromatic N) is 2. The molecular formula is C24H15BrClF4N3O2. The second kappa shape index (κ2) is 9.79. The summed E-state index contributed by atoms with van der Waals surface area (Å²) in [5, 5.41) is 7.24. The van der Waals surface area contributed by atoms with E-state index in [-0.39, 0.29) is 40.3 Å². The zero-order chi connectivity index (χ0) is 25.3. The molecule has 0 radical (unpaired) electrons. The van der Waals surface area contributed by atoms with Crippen LogP contribution in [0.5, 0.6) is 0 Å². The minimum atomic E-state index is -4.61. The summed E-state index contributed by atoms with van der Waals surface area (Å²) in [6.45, 7) is -0.184. The molecule has 0 fully saturated rings. The van der Waals surface area contributed by atoms with E-state index in [1.807, 2.05) is 0 Å². The summed E-state index contributed by atoms with van der Waals surface area (Å²) in [4.78, 5) is 25.7. The predicted molar refractivity (Wildman–Crippen MR) is 128 cm³/mol. The summed E-state index contributed by atoms with van der Waals surface area (Å²) in [6.07, 6.45) is -4.98. The van der Waals surface area contributed by atoms with Gasteiger partial charge in [0, 0.05) is 15.4 Å². The number of alkyl halides is 3. The van der Waals surface area contributed by atoms with Crippen LogP contribution < -0.4 is 10.9 Å². The number of hydrogen-bond acceptors (Lipinski definition) is 3. The van der Waals surface area contributed by atoms with Crippen LogP contribution in [0.3, 0.4) is 0 Å². The lowest BCUT2D eigenvalue weighted by molar-refractivity contribution is -0.137. The highest BCUT2D eigenvalue weighted by molar-refractivity contribution is 9.10. The quantitative estimate of drug-likeness (QED) is 0.292. The van der Waals surface area contributed by atoms with Gasteiger partial charge < -0.3 is 5.32 Å². The largest absolute Gasteiger partial charge is 0.416 e. The summed E-state index contributed by atoms with van der Waals surface area (Å²) in [6, 6.07) is 13.4. The second-order valence-corrected chi connectivity index (χ2v) is 8.93. The smallest absolute Gasteiger partial charge is 0.324 e. The molecule has 35 heavy (non-hydrogen) atoms. The minimum Gasteiger partial charge on any atom is -0.324 e. The Labute approximate surface area is 209 Å². The Morgan fingerprint density at radius 3 is 2.46 bits per heavy atom. The third-order valence-corrected chi connectivity index (χ3v) is 6.00. The Morgan fingerprint density at radius 1 is 1.06 bits per heavy atom. The SMILES string of the molecule is O=C(Cc1nn(Cc2ccc(Br)cc2F)c(=O)c2ccccc12)Nc1cc(C(F)(F)F)ccc1Cl. The number of nitrogens with one attached hydrogen (secondary N) is 1. The van der Waals surface area contributed by atoms with E-state index in [2.05, 4.69) is 26.3 Å². The van der Waals surface area contributed by atoms with E-state index in [1.54, 1.807) is 30.3 Å². The Balaban J connectivity index is 1.68. The van der Waals surface area contributed by atoms with Gasteiger partial charge in [0.15, 0.2) is 0 Å². The van der Waals surface area contributed by atoms with Gasteiger partial charge in [-0.25, -0.2) is 9.07 Å². The van der Waals surface area contributed by atoms with E-state index < -0.39 is 29.0 Å². The van der Waals surface area contributed by atoms with Gasteiger partial charge in [-0.05, 0) is 36.4 Å². The third kappa shape index (κ3) is 5.54. The zero-order valence-electron chi connectivity index (χ0n) is 17.7. The number of hydrogen-bond donors (Lipinski definition) is 1. The number of amides is 1. The highest BCUT2D eigenvalue weighted by atomic mass is 79.9. The van der Waals surface area contributed by atoms with Crippen LogP contribution in [0.2, 0.25) is 5.02 Å². The number of carbonyl (C=O) groups excluding carboxylic acids is 1. The molecule has 5 nitrogen and oxygen atoms in total. The van der Waals surface area contributed by atoms with Crippen molar-refractivity contribution in [2.45, 2.75) is 19.1 Å². The van der Waals surface area contributed by atoms with Crippen molar-refractivity contribution in [3.8, 4) is 0 Å². The molecular weight excluding hydrogens is 554 g/mol. The van der Waals surface area contributed by atoms with E-state index in [9.17, 15) is 27.2 Å². The first-order chi connectivity index (χ1) is 16.5. The van der Waals surface area contributed by atoms with Crippen molar-refractivity contribution in [1.29, 1.82) is 0 Å². The standard InChI is InChI=1S/C24H15BrClF4N3O2/c25-15-7-5-13(19(27)10-15)12-33-23(35)17-4-2-1-3-16(17)20(32-33)11-22(34)31-21-9-14(24(28,29)30)6-8-18(21)26/h1-10H,11-12H2,(H,31,34). The van der Waals surface area contributed by atoms with E-state index in [1.165, 1.54) is 12.1 Å². The van der Waals surface area contributed by atoms with Crippen molar-refractivity contribution < 1.29 is 22.4 Å². The third-order valence-electron chi connectivity index (χ3n) is 5.18. The van der Waals surface area contributed by atoms with Crippen molar-refractivity contribution in [2.75, 3.05) is 5.32 Å². The summed E-state index contributed by atoms with van der Waals surface area (Å²) < 4.78 is 55.1. The average Bonchev–Trinajstić information content (AvgIpc) is 2.79. The van der Waals surface area contributed by atoms with Gasteiger partial charge in [-0.1, -0.05) is 51.8 Å². The van der Waals surface area contributed by atoms with Crippen LogP contribution in [-0.2, 0) is 23.9 Å². The maximum atomic E-state index is 14.4. The molecule has 4 aromatic rings. The second-order valence-electron chi connectivity index (χ2n) is 7.61.